The lowest BCUT2D eigenvalue weighted by atomic mass is 10.3. The fraction of sp³-hybridized carbons (Fsp3) is 0.889. The molecule has 0 aromatic rings. The van der Waals surface area contributed by atoms with Crippen LogP contribution in [0.2, 0.25) is 0 Å². The first-order valence-corrected chi connectivity index (χ1v) is 4.65. The molecule has 0 radical (unpaired) electrons. The minimum atomic E-state index is -0.424. The maximum absolute atomic E-state index is 11.1. The van der Waals surface area contributed by atoms with Gasteiger partial charge in [-0.15, -0.1) is 0 Å². The van der Waals surface area contributed by atoms with E-state index in [-0.39, 0.29) is 12.0 Å². The van der Waals surface area contributed by atoms with Crippen LogP contribution in [0.3, 0.4) is 0 Å². The van der Waals surface area contributed by atoms with E-state index in [0.29, 0.717) is 19.7 Å². The van der Waals surface area contributed by atoms with Crippen LogP contribution in [0.1, 0.15) is 20.8 Å². The molecule has 0 heterocycles. The number of hydrogen-bond acceptors (Lipinski definition) is 3. The molecule has 1 N–H and O–H groups in total. The first-order valence-electron chi connectivity index (χ1n) is 4.65. The molecule has 0 saturated carbocycles. The molecule has 0 aromatic carbocycles. The van der Waals surface area contributed by atoms with E-state index in [1.54, 1.807) is 4.90 Å². The Morgan fingerprint density at radius 1 is 1.54 bits per heavy atom. The van der Waals surface area contributed by atoms with E-state index < -0.39 is 6.61 Å². The topological polar surface area (TPSA) is 49.8 Å². The van der Waals surface area contributed by atoms with Crippen LogP contribution in [-0.4, -0.2) is 48.3 Å². The van der Waals surface area contributed by atoms with Gasteiger partial charge in [-0.25, -0.2) is 0 Å². The number of hydrogen-bond donors (Lipinski definition) is 1. The van der Waals surface area contributed by atoms with Gasteiger partial charge in [0, 0.05) is 19.7 Å². The van der Waals surface area contributed by atoms with E-state index in [2.05, 4.69) is 0 Å². The van der Waals surface area contributed by atoms with Crippen LogP contribution in [-0.2, 0) is 9.53 Å². The number of ether oxygens (including phenoxy) is 1. The minimum Gasteiger partial charge on any atom is -0.387 e. The van der Waals surface area contributed by atoms with Crippen LogP contribution in [0.5, 0.6) is 0 Å². The number of aliphatic hydroxyl groups excluding tert-OH is 1. The average molecular weight is 189 g/mol. The van der Waals surface area contributed by atoms with E-state index in [0.717, 1.165) is 0 Å². The maximum Gasteiger partial charge on any atom is 0.248 e. The van der Waals surface area contributed by atoms with Crippen LogP contribution in [0.15, 0.2) is 0 Å². The second kappa shape index (κ2) is 6.86. The number of likely N-dealkylation sites (N-methyl/N-ethyl adjacent to an activating group) is 1. The Morgan fingerprint density at radius 2 is 2.15 bits per heavy atom. The van der Waals surface area contributed by atoms with Gasteiger partial charge in [0.1, 0.15) is 6.61 Å². The summed E-state index contributed by atoms with van der Waals surface area (Å²) in [5.41, 5.74) is 0. The summed E-state index contributed by atoms with van der Waals surface area (Å²) in [6, 6.07) is 0. The van der Waals surface area contributed by atoms with E-state index in [9.17, 15) is 4.79 Å². The molecule has 0 aliphatic heterocycles. The van der Waals surface area contributed by atoms with Crippen molar-refractivity contribution >= 4 is 5.91 Å². The number of carbonyl (C=O) groups is 1. The van der Waals surface area contributed by atoms with Gasteiger partial charge in [0.05, 0.1) is 6.10 Å². The van der Waals surface area contributed by atoms with Crippen molar-refractivity contribution in [1.29, 1.82) is 0 Å². The number of nitrogens with zero attached hydrogens (tertiary/aromatic N) is 1. The molecule has 0 aliphatic carbocycles. The van der Waals surface area contributed by atoms with Gasteiger partial charge in [-0.3, -0.25) is 4.79 Å². The van der Waals surface area contributed by atoms with Crippen molar-refractivity contribution in [3.05, 3.63) is 0 Å². The highest BCUT2D eigenvalue weighted by Crippen LogP contribution is 1.97. The first-order chi connectivity index (χ1) is 6.15. The quantitative estimate of drug-likeness (QED) is 0.651. The molecule has 0 spiro atoms. The normalized spacial score (nSPS) is 12.6. The molecule has 13 heavy (non-hydrogen) atoms. The van der Waals surface area contributed by atoms with Crippen molar-refractivity contribution in [1.82, 2.24) is 4.90 Å². The summed E-state index contributed by atoms with van der Waals surface area (Å²) in [7, 11) is 0. The second-order valence-electron chi connectivity index (χ2n) is 2.86. The standard InChI is InChI=1S/C9H19NO3/c1-4-10(9(12)7-11)6-8(3)13-5-2/h8,11H,4-7H2,1-3H3. The lowest BCUT2D eigenvalue weighted by Gasteiger charge is -2.23. The second-order valence-corrected chi connectivity index (χ2v) is 2.86. The maximum atomic E-state index is 11.1. The molecule has 1 atom stereocenters. The van der Waals surface area contributed by atoms with Gasteiger partial charge in [-0.05, 0) is 20.8 Å². The predicted molar refractivity (Wildman–Crippen MR) is 50.4 cm³/mol. The van der Waals surface area contributed by atoms with Crippen molar-refractivity contribution in [3.8, 4) is 0 Å². The van der Waals surface area contributed by atoms with Crippen LogP contribution in [0.25, 0.3) is 0 Å². The van der Waals surface area contributed by atoms with E-state index >= 15 is 0 Å². The summed E-state index contributed by atoms with van der Waals surface area (Å²) in [5.74, 6) is -0.242. The zero-order chi connectivity index (χ0) is 10.3. The van der Waals surface area contributed by atoms with Gasteiger partial charge >= 0.3 is 0 Å². The molecular formula is C9H19NO3. The number of rotatable bonds is 6. The third kappa shape index (κ3) is 4.85. The molecule has 0 aliphatic rings. The van der Waals surface area contributed by atoms with Gasteiger partial charge in [0.15, 0.2) is 0 Å². The zero-order valence-electron chi connectivity index (χ0n) is 8.62. The fourth-order valence-corrected chi connectivity index (χ4v) is 1.15. The molecule has 0 fully saturated rings. The molecule has 1 unspecified atom stereocenters. The Morgan fingerprint density at radius 3 is 2.54 bits per heavy atom. The Kier molecular flexibility index (Phi) is 6.54. The molecule has 0 rings (SSSR count). The lowest BCUT2D eigenvalue weighted by molar-refractivity contribution is -0.135. The Balaban J connectivity index is 3.89. The third-order valence-corrected chi connectivity index (χ3v) is 1.80. The van der Waals surface area contributed by atoms with Crippen molar-refractivity contribution in [2.45, 2.75) is 26.9 Å². The fourth-order valence-electron chi connectivity index (χ4n) is 1.15. The van der Waals surface area contributed by atoms with Crippen LogP contribution >= 0.6 is 0 Å². The molecule has 4 nitrogen and oxygen atoms in total. The largest absolute Gasteiger partial charge is 0.387 e. The molecule has 0 saturated heterocycles. The summed E-state index contributed by atoms with van der Waals surface area (Å²) in [5, 5.41) is 8.65. The Labute approximate surface area is 79.5 Å². The van der Waals surface area contributed by atoms with E-state index in [1.165, 1.54) is 0 Å². The third-order valence-electron chi connectivity index (χ3n) is 1.80. The Bertz CT molecular complexity index is 150. The molecular weight excluding hydrogens is 170 g/mol. The summed E-state index contributed by atoms with van der Waals surface area (Å²) in [6.07, 6.45) is 0.0282. The van der Waals surface area contributed by atoms with Crippen LogP contribution in [0.4, 0.5) is 0 Å². The molecule has 1 amide bonds. The van der Waals surface area contributed by atoms with Crippen molar-refractivity contribution in [2.24, 2.45) is 0 Å². The number of carbonyl (C=O) groups excluding carboxylic acids is 1. The predicted octanol–water partition coefficient (Wildman–Crippen LogP) is 0.252. The molecule has 0 aromatic heterocycles. The highest BCUT2D eigenvalue weighted by Gasteiger charge is 2.13. The van der Waals surface area contributed by atoms with Crippen molar-refractivity contribution in [2.75, 3.05) is 26.3 Å². The summed E-state index contributed by atoms with van der Waals surface area (Å²) < 4.78 is 5.29. The minimum absolute atomic E-state index is 0.0282. The summed E-state index contributed by atoms with van der Waals surface area (Å²) in [4.78, 5) is 12.7. The average Bonchev–Trinajstić information content (AvgIpc) is 2.13. The highest BCUT2D eigenvalue weighted by molar-refractivity contribution is 5.77. The molecule has 0 bridgehead atoms. The zero-order valence-corrected chi connectivity index (χ0v) is 8.62. The highest BCUT2D eigenvalue weighted by atomic mass is 16.5. The molecule has 4 heteroatoms. The van der Waals surface area contributed by atoms with Gasteiger partial charge in [-0.2, -0.15) is 0 Å². The SMILES string of the molecule is CCOC(C)CN(CC)C(=O)CO. The van der Waals surface area contributed by atoms with Gasteiger partial charge in [0.2, 0.25) is 5.91 Å². The Hall–Kier alpha value is -0.610. The van der Waals surface area contributed by atoms with Gasteiger partial charge in [0.25, 0.3) is 0 Å². The molecule has 78 valence electrons. The van der Waals surface area contributed by atoms with Gasteiger partial charge in [-0.1, -0.05) is 0 Å². The lowest BCUT2D eigenvalue weighted by Crippen LogP contribution is -2.38. The first kappa shape index (κ1) is 12.4. The summed E-state index contributed by atoms with van der Waals surface area (Å²) in [6.45, 7) is 7.09. The number of amides is 1. The smallest absolute Gasteiger partial charge is 0.248 e. The van der Waals surface area contributed by atoms with Crippen LogP contribution < -0.4 is 0 Å². The van der Waals surface area contributed by atoms with E-state index in [4.69, 9.17) is 9.84 Å². The van der Waals surface area contributed by atoms with Crippen LogP contribution in [0, 0.1) is 0 Å². The van der Waals surface area contributed by atoms with Gasteiger partial charge < -0.3 is 14.7 Å². The van der Waals surface area contributed by atoms with Crippen molar-refractivity contribution in [3.63, 3.8) is 0 Å². The monoisotopic (exact) mass is 189 g/mol. The van der Waals surface area contributed by atoms with E-state index in [1.807, 2.05) is 20.8 Å². The summed E-state index contributed by atoms with van der Waals surface area (Å²) >= 11 is 0. The van der Waals surface area contributed by atoms with Crippen molar-refractivity contribution < 1.29 is 14.6 Å². The number of aliphatic hydroxyl groups is 1.